The Morgan fingerprint density at radius 2 is 1.82 bits per heavy atom. The molecule has 7 heteroatoms. The van der Waals surface area contributed by atoms with Crippen molar-refractivity contribution in [1.82, 2.24) is 10.6 Å². The van der Waals surface area contributed by atoms with Crippen LogP contribution >= 0.6 is 11.8 Å². The molecule has 0 spiro atoms. The molecule has 0 aliphatic carbocycles. The van der Waals surface area contributed by atoms with E-state index in [4.69, 9.17) is 5.11 Å². The predicted octanol–water partition coefficient (Wildman–Crippen LogP) is 1.86. The minimum atomic E-state index is -1.12. The van der Waals surface area contributed by atoms with E-state index >= 15 is 0 Å². The van der Waals surface area contributed by atoms with Gasteiger partial charge in [0.1, 0.15) is 11.5 Å². The van der Waals surface area contributed by atoms with E-state index in [0.29, 0.717) is 31.7 Å². The van der Waals surface area contributed by atoms with Gasteiger partial charge in [0.15, 0.2) is 0 Å². The number of nitrogens with one attached hydrogen (secondary N) is 2. The molecular weight excluding hydrogens is 307 g/mol. The third kappa shape index (κ3) is 17.4. The molecule has 0 aliphatic rings. The highest BCUT2D eigenvalue weighted by Gasteiger charge is 2.14. The molecule has 0 amide bonds. The molecule has 0 aromatic rings. The summed E-state index contributed by atoms with van der Waals surface area (Å²) in [5, 5.41) is 14.3. The van der Waals surface area contributed by atoms with Gasteiger partial charge in [-0.05, 0) is 45.4 Å². The van der Waals surface area contributed by atoms with Gasteiger partial charge in [-0.15, -0.1) is 0 Å². The van der Waals surface area contributed by atoms with Crippen LogP contribution in [-0.2, 0) is 9.59 Å². The normalized spacial score (nSPS) is 11.6. The second-order valence-electron chi connectivity index (χ2n) is 5.84. The summed E-state index contributed by atoms with van der Waals surface area (Å²) in [6, 6.07) is 0. The summed E-state index contributed by atoms with van der Waals surface area (Å²) in [6.45, 7) is 5.16. The molecule has 0 aromatic carbocycles. The lowest BCUT2D eigenvalue weighted by Crippen LogP contribution is -2.31. The van der Waals surface area contributed by atoms with Crippen molar-refractivity contribution in [3.63, 3.8) is 0 Å². The Labute approximate surface area is 136 Å². The van der Waals surface area contributed by atoms with Gasteiger partial charge in [0, 0.05) is 19.5 Å². The summed E-state index contributed by atoms with van der Waals surface area (Å²) in [6.07, 6.45) is 2.67. The fourth-order valence-corrected chi connectivity index (χ4v) is 2.63. The summed E-state index contributed by atoms with van der Waals surface area (Å²) in [5.74, 6) is 0.702. The maximum Gasteiger partial charge on any atom is 0.317 e. The minimum Gasteiger partial charge on any atom is -0.480 e. The molecule has 5 nitrogen and oxygen atoms in total. The lowest BCUT2D eigenvalue weighted by atomic mass is 10.1. The van der Waals surface area contributed by atoms with Gasteiger partial charge in [-0.1, -0.05) is 0 Å². The van der Waals surface area contributed by atoms with Crippen molar-refractivity contribution in [2.45, 2.75) is 45.2 Å². The van der Waals surface area contributed by atoms with E-state index in [1.807, 2.05) is 0 Å². The van der Waals surface area contributed by atoms with Crippen LogP contribution in [0.2, 0.25) is 0 Å². The Kier molecular flexibility index (Phi) is 12.5. The van der Waals surface area contributed by atoms with Crippen LogP contribution < -0.4 is 10.6 Å². The predicted molar refractivity (Wildman–Crippen MR) is 89.4 cm³/mol. The van der Waals surface area contributed by atoms with Gasteiger partial charge < -0.3 is 15.7 Å². The zero-order valence-corrected chi connectivity index (χ0v) is 14.4. The number of aliphatic carboxylic acids is 1. The average Bonchev–Trinajstić information content (AvgIpc) is 2.39. The van der Waals surface area contributed by atoms with Crippen molar-refractivity contribution in [1.29, 1.82) is 0 Å². The third-order valence-electron chi connectivity index (χ3n) is 2.89. The second-order valence-corrected chi connectivity index (χ2v) is 6.94. The van der Waals surface area contributed by atoms with Crippen LogP contribution in [0.1, 0.15) is 39.5 Å². The summed E-state index contributed by atoms with van der Waals surface area (Å²) in [5.41, 5.74) is -1.12. The van der Waals surface area contributed by atoms with Crippen LogP contribution in [0.4, 0.5) is 4.39 Å². The van der Waals surface area contributed by atoms with E-state index in [2.05, 4.69) is 10.6 Å². The van der Waals surface area contributed by atoms with E-state index in [9.17, 15) is 14.0 Å². The third-order valence-corrected chi connectivity index (χ3v) is 3.99. The first kappa shape index (κ1) is 21.3. The van der Waals surface area contributed by atoms with Gasteiger partial charge in [0.2, 0.25) is 0 Å². The quantitative estimate of drug-likeness (QED) is 0.396. The van der Waals surface area contributed by atoms with Crippen LogP contribution in [-0.4, -0.2) is 60.2 Å². The van der Waals surface area contributed by atoms with Crippen LogP contribution in [0, 0.1) is 0 Å². The highest BCUT2D eigenvalue weighted by molar-refractivity contribution is 7.99. The smallest absolute Gasteiger partial charge is 0.317 e. The minimum absolute atomic E-state index is 0.0308. The molecule has 0 aromatic heterocycles. The molecule has 0 aliphatic heterocycles. The number of carboxylic acids is 1. The topological polar surface area (TPSA) is 78.4 Å². The second kappa shape index (κ2) is 12.8. The first-order valence-electron chi connectivity index (χ1n) is 7.73. The number of hydrogen-bond donors (Lipinski definition) is 3. The molecule has 0 heterocycles. The van der Waals surface area contributed by atoms with Crippen molar-refractivity contribution >= 4 is 23.5 Å². The van der Waals surface area contributed by atoms with Crippen molar-refractivity contribution < 1.29 is 19.1 Å². The Bertz CT molecular complexity index is 322. The molecule has 130 valence electrons. The lowest BCUT2D eigenvalue weighted by molar-refractivity contribution is -0.136. The van der Waals surface area contributed by atoms with E-state index in [1.54, 1.807) is 25.6 Å². The number of carboxylic acid groups (broad SMARTS) is 1. The molecule has 22 heavy (non-hydrogen) atoms. The Balaban J connectivity index is 3.28. The molecule has 0 saturated heterocycles. The van der Waals surface area contributed by atoms with Crippen LogP contribution in [0.25, 0.3) is 0 Å². The molecule has 0 unspecified atom stereocenters. The van der Waals surface area contributed by atoms with Crippen LogP contribution in [0.15, 0.2) is 0 Å². The number of hydrogen-bond acceptors (Lipinski definition) is 5. The maximum absolute atomic E-state index is 13.2. The fourth-order valence-electron chi connectivity index (χ4n) is 1.76. The molecule has 3 N–H and O–H groups in total. The molecule has 0 radical (unpaired) electrons. The first-order chi connectivity index (χ1) is 10.3. The standard InChI is InChI=1S/C15H29FN2O3S/c1-15(2,16)6-4-10-22-12-13(19)5-3-7-17-8-9-18-11-14(20)21/h17-18H,3-12H2,1-2H3,(H,20,21). The Morgan fingerprint density at radius 3 is 2.45 bits per heavy atom. The van der Waals surface area contributed by atoms with Crippen molar-refractivity contribution in [2.24, 2.45) is 0 Å². The summed E-state index contributed by atoms with van der Waals surface area (Å²) >= 11 is 1.58. The van der Waals surface area contributed by atoms with Gasteiger partial charge in [0.05, 0.1) is 12.3 Å². The van der Waals surface area contributed by atoms with Gasteiger partial charge in [0.25, 0.3) is 0 Å². The number of carbonyl (C=O) groups is 2. The molecule has 0 fully saturated rings. The zero-order valence-electron chi connectivity index (χ0n) is 13.6. The van der Waals surface area contributed by atoms with Gasteiger partial charge in [-0.3, -0.25) is 9.59 Å². The van der Waals surface area contributed by atoms with E-state index in [1.165, 1.54) is 0 Å². The average molecular weight is 336 g/mol. The monoisotopic (exact) mass is 336 g/mol. The fraction of sp³-hybridized carbons (Fsp3) is 0.867. The maximum atomic E-state index is 13.2. The van der Waals surface area contributed by atoms with Gasteiger partial charge >= 0.3 is 5.97 Å². The molecule has 0 atom stereocenters. The Hall–Kier alpha value is -0.660. The largest absolute Gasteiger partial charge is 0.480 e. The van der Waals surface area contributed by atoms with Crippen molar-refractivity contribution in [2.75, 3.05) is 37.7 Å². The lowest BCUT2D eigenvalue weighted by Gasteiger charge is -2.12. The first-order valence-corrected chi connectivity index (χ1v) is 8.88. The molecule has 0 bridgehead atoms. The van der Waals surface area contributed by atoms with Gasteiger partial charge in [-0.25, -0.2) is 4.39 Å². The number of ketones is 1. The van der Waals surface area contributed by atoms with Crippen molar-refractivity contribution in [3.8, 4) is 0 Å². The number of rotatable bonds is 15. The number of thioether (sulfide) groups is 1. The van der Waals surface area contributed by atoms with E-state index in [0.717, 1.165) is 25.1 Å². The number of Topliss-reactive ketones (excluding diaryl/α,β-unsaturated/α-hetero) is 1. The molecular formula is C15H29FN2O3S. The van der Waals surface area contributed by atoms with E-state index < -0.39 is 11.6 Å². The van der Waals surface area contributed by atoms with Crippen molar-refractivity contribution in [3.05, 3.63) is 0 Å². The van der Waals surface area contributed by atoms with Crippen LogP contribution in [0.5, 0.6) is 0 Å². The highest BCUT2D eigenvalue weighted by Crippen LogP contribution is 2.18. The summed E-state index contributed by atoms with van der Waals surface area (Å²) in [4.78, 5) is 21.9. The van der Waals surface area contributed by atoms with Crippen LogP contribution in [0.3, 0.4) is 0 Å². The number of alkyl halides is 1. The summed E-state index contributed by atoms with van der Waals surface area (Å²) < 4.78 is 13.2. The Morgan fingerprint density at radius 1 is 1.14 bits per heavy atom. The SMILES string of the molecule is CC(C)(F)CCCSCC(=O)CCCNCCNCC(=O)O. The molecule has 0 saturated carbocycles. The number of halogens is 1. The zero-order chi connectivity index (χ0) is 16.8. The molecule has 0 rings (SSSR count). The van der Waals surface area contributed by atoms with E-state index in [-0.39, 0.29) is 12.3 Å². The summed E-state index contributed by atoms with van der Waals surface area (Å²) in [7, 11) is 0. The highest BCUT2D eigenvalue weighted by atomic mass is 32.2. The number of carbonyl (C=O) groups excluding carboxylic acids is 1. The van der Waals surface area contributed by atoms with Gasteiger partial charge in [-0.2, -0.15) is 11.8 Å².